The topological polar surface area (TPSA) is 21.3 Å². The monoisotopic (exact) mass is 371 g/mol. The first kappa shape index (κ1) is 17.7. The van der Waals surface area contributed by atoms with Gasteiger partial charge in [-0.2, -0.15) is 0 Å². The number of hydrogen-bond donors (Lipinski definition) is 1. The summed E-state index contributed by atoms with van der Waals surface area (Å²) in [4.78, 5) is 0. The molecule has 3 rings (SSSR count). The summed E-state index contributed by atoms with van der Waals surface area (Å²) < 4.78 is 5.98. The van der Waals surface area contributed by atoms with Crippen LogP contribution in [0.15, 0.2) is 66.7 Å². The Labute approximate surface area is 158 Å². The van der Waals surface area contributed by atoms with E-state index in [2.05, 4.69) is 36.5 Å². The van der Waals surface area contributed by atoms with Crippen molar-refractivity contribution in [3.8, 4) is 5.75 Å². The molecule has 0 heterocycles. The molecule has 0 amide bonds. The average molecular weight is 372 g/mol. The lowest BCUT2D eigenvalue weighted by Gasteiger charge is -2.14. The summed E-state index contributed by atoms with van der Waals surface area (Å²) in [5, 5.41) is 4.82. The summed E-state index contributed by atoms with van der Waals surface area (Å²) in [5.41, 5.74) is 4.38. The molecule has 3 aromatic rings. The molecule has 0 radical (unpaired) electrons. The van der Waals surface area contributed by atoms with Gasteiger partial charge in [0.05, 0.1) is 0 Å². The molecule has 0 aliphatic heterocycles. The van der Waals surface area contributed by atoms with E-state index in [0.717, 1.165) is 27.6 Å². The van der Waals surface area contributed by atoms with Crippen molar-refractivity contribution < 1.29 is 4.74 Å². The summed E-state index contributed by atoms with van der Waals surface area (Å²) in [6.07, 6.45) is 0. The van der Waals surface area contributed by atoms with Crippen LogP contribution < -0.4 is 10.1 Å². The molecule has 1 N–H and O–H groups in total. The number of anilines is 1. The fourth-order valence-electron chi connectivity index (χ4n) is 2.44. The lowest BCUT2D eigenvalue weighted by molar-refractivity contribution is 0.303. The fourth-order valence-corrected chi connectivity index (χ4v) is 2.76. The van der Waals surface area contributed by atoms with Crippen LogP contribution >= 0.6 is 23.2 Å². The standard InChI is InChI=1S/C21H19Cl2NO/c1-15-2-9-20(10-3-15)24-13-17-12-19(23)8-11-21(17)25-14-16-4-6-18(22)7-5-16/h2-12,24H,13-14H2,1H3. The Hall–Kier alpha value is -2.16. The molecule has 0 bridgehead atoms. The van der Waals surface area contributed by atoms with Crippen LogP contribution in [0, 0.1) is 6.92 Å². The molecular formula is C21H19Cl2NO. The van der Waals surface area contributed by atoms with E-state index >= 15 is 0 Å². The van der Waals surface area contributed by atoms with Gasteiger partial charge in [-0.1, -0.05) is 53.0 Å². The first-order valence-electron chi connectivity index (χ1n) is 8.06. The molecule has 0 atom stereocenters. The summed E-state index contributed by atoms with van der Waals surface area (Å²) in [6, 6.07) is 21.6. The van der Waals surface area contributed by atoms with Crippen LogP contribution in [0.5, 0.6) is 5.75 Å². The SMILES string of the molecule is Cc1ccc(NCc2cc(Cl)ccc2OCc2ccc(Cl)cc2)cc1. The average Bonchev–Trinajstić information content (AvgIpc) is 2.62. The maximum absolute atomic E-state index is 6.16. The molecule has 0 aliphatic rings. The van der Waals surface area contributed by atoms with E-state index in [4.69, 9.17) is 27.9 Å². The lowest BCUT2D eigenvalue weighted by atomic mass is 10.1. The number of hydrogen-bond acceptors (Lipinski definition) is 2. The minimum atomic E-state index is 0.482. The first-order valence-corrected chi connectivity index (χ1v) is 8.82. The van der Waals surface area contributed by atoms with Crippen molar-refractivity contribution in [2.24, 2.45) is 0 Å². The largest absolute Gasteiger partial charge is 0.489 e. The van der Waals surface area contributed by atoms with Gasteiger partial charge in [0.25, 0.3) is 0 Å². The van der Waals surface area contributed by atoms with E-state index in [-0.39, 0.29) is 0 Å². The van der Waals surface area contributed by atoms with Crippen molar-refractivity contribution in [2.75, 3.05) is 5.32 Å². The maximum atomic E-state index is 6.16. The van der Waals surface area contributed by atoms with Crippen molar-refractivity contribution >= 4 is 28.9 Å². The quantitative estimate of drug-likeness (QED) is 0.534. The Balaban J connectivity index is 1.69. The van der Waals surface area contributed by atoms with E-state index in [1.807, 2.05) is 42.5 Å². The zero-order chi connectivity index (χ0) is 17.6. The second kappa shape index (κ2) is 8.28. The Morgan fingerprint density at radius 3 is 2.24 bits per heavy atom. The highest BCUT2D eigenvalue weighted by atomic mass is 35.5. The van der Waals surface area contributed by atoms with Crippen LogP contribution in [0.25, 0.3) is 0 Å². The van der Waals surface area contributed by atoms with Crippen molar-refractivity contribution in [2.45, 2.75) is 20.1 Å². The molecule has 4 heteroatoms. The van der Waals surface area contributed by atoms with Crippen LogP contribution in [-0.4, -0.2) is 0 Å². The van der Waals surface area contributed by atoms with Crippen LogP contribution in [-0.2, 0) is 13.2 Å². The highest BCUT2D eigenvalue weighted by Crippen LogP contribution is 2.25. The smallest absolute Gasteiger partial charge is 0.124 e. The zero-order valence-electron chi connectivity index (χ0n) is 13.9. The normalized spacial score (nSPS) is 10.5. The number of halogens is 2. The molecule has 0 saturated heterocycles. The number of aryl methyl sites for hydroxylation is 1. The molecule has 0 fully saturated rings. The van der Waals surface area contributed by atoms with Gasteiger partial charge in [-0.15, -0.1) is 0 Å². The predicted molar refractivity (Wildman–Crippen MR) is 106 cm³/mol. The van der Waals surface area contributed by atoms with E-state index in [9.17, 15) is 0 Å². The molecule has 0 unspecified atom stereocenters. The third-order valence-electron chi connectivity index (χ3n) is 3.86. The Bertz CT molecular complexity index is 830. The number of benzene rings is 3. The summed E-state index contributed by atoms with van der Waals surface area (Å²) in [5.74, 6) is 0.818. The fraction of sp³-hybridized carbons (Fsp3) is 0.143. The third kappa shape index (κ3) is 5.15. The number of nitrogens with one attached hydrogen (secondary N) is 1. The van der Waals surface area contributed by atoms with Crippen LogP contribution in [0.2, 0.25) is 10.0 Å². The van der Waals surface area contributed by atoms with Crippen molar-refractivity contribution in [3.63, 3.8) is 0 Å². The van der Waals surface area contributed by atoms with Gasteiger partial charge in [-0.3, -0.25) is 0 Å². The highest BCUT2D eigenvalue weighted by molar-refractivity contribution is 6.30. The summed E-state index contributed by atoms with van der Waals surface area (Å²) >= 11 is 12.1. The van der Waals surface area contributed by atoms with Crippen molar-refractivity contribution in [3.05, 3.63) is 93.5 Å². The van der Waals surface area contributed by atoms with Crippen LogP contribution in [0.1, 0.15) is 16.7 Å². The van der Waals surface area contributed by atoms with Gasteiger partial charge >= 0.3 is 0 Å². The highest BCUT2D eigenvalue weighted by Gasteiger charge is 2.06. The van der Waals surface area contributed by atoms with Crippen LogP contribution in [0.3, 0.4) is 0 Å². The van der Waals surface area contributed by atoms with Gasteiger partial charge in [0.1, 0.15) is 12.4 Å². The Morgan fingerprint density at radius 2 is 1.52 bits per heavy atom. The summed E-state index contributed by atoms with van der Waals surface area (Å²) in [7, 11) is 0. The molecule has 0 aliphatic carbocycles. The number of ether oxygens (including phenoxy) is 1. The van der Waals surface area contributed by atoms with Crippen LogP contribution in [0.4, 0.5) is 5.69 Å². The van der Waals surface area contributed by atoms with Gasteiger partial charge in [0.15, 0.2) is 0 Å². The predicted octanol–water partition coefficient (Wildman–Crippen LogP) is 6.49. The lowest BCUT2D eigenvalue weighted by Crippen LogP contribution is -2.04. The number of rotatable bonds is 6. The van der Waals surface area contributed by atoms with Gasteiger partial charge in [0, 0.05) is 27.8 Å². The van der Waals surface area contributed by atoms with Gasteiger partial charge in [-0.05, 0) is 55.0 Å². The summed E-state index contributed by atoms with van der Waals surface area (Å²) in [6.45, 7) is 3.19. The Kier molecular flexibility index (Phi) is 5.85. The van der Waals surface area contributed by atoms with E-state index in [1.165, 1.54) is 5.56 Å². The van der Waals surface area contributed by atoms with Gasteiger partial charge < -0.3 is 10.1 Å². The second-order valence-electron chi connectivity index (χ2n) is 5.89. The second-order valence-corrected chi connectivity index (χ2v) is 6.76. The van der Waals surface area contributed by atoms with E-state index in [1.54, 1.807) is 0 Å². The molecule has 128 valence electrons. The van der Waals surface area contributed by atoms with E-state index < -0.39 is 0 Å². The van der Waals surface area contributed by atoms with Gasteiger partial charge in [0.2, 0.25) is 0 Å². The molecule has 0 saturated carbocycles. The molecule has 0 spiro atoms. The minimum absolute atomic E-state index is 0.482. The molecular weight excluding hydrogens is 353 g/mol. The molecule has 25 heavy (non-hydrogen) atoms. The first-order chi connectivity index (χ1) is 12.1. The molecule has 3 aromatic carbocycles. The minimum Gasteiger partial charge on any atom is -0.489 e. The molecule has 2 nitrogen and oxygen atoms in total. The maximum Gasteiger partial charge on any atom is 0.124 e. The molecule has 0 aromatic heterocycles. The van der Waals surface area contributed by atoms with Crippen molar-refractivity contribution in [1.29, 1.82) is 0 Å². The Morgan fingerprint density at radius 1 is 0.840 bits per heavy atom. The van der Waals surface area contributed by atoms with Gasteiger partial charge in [-0.25, -0.2) is 0 Å². The third-order valence-corrected chi connectivity index (χ3v) is 4.35. The van der Waals surface area contributed by atoms with Crippen molar-refractivity contribution in [1.82, 2.24) is 0 Å². The van der Waals surface area contributed by atoms with E-state index in [0.29, 0.717) is 18.2 Å². The zero-order valence-corrected chi connectivity index (χ0v) is 15.4.